The summed E-state index contributed by atoms with van der Waals surface area (Å²) >= 11 is 8.00. The average molecular weight is 277 g/mol. The number of thiol groups is 2. The summed E-state index contributed by atoms with van der Waals surface area (Å²) in [5.74, 6) is 1.84. The van der Waals surface area contributed by atoms with E-state index in [1.54, 1.807) is 6.08 Å². The van der Waals surface area contributed by atoms with Crippen LogP contribution in [0.5, 0.6) is 0 Å². The van der Waals surface area contributed by atoms with Crippen molar-refractivity contribution in [2.24, 2.45) is 0 Å². The zero-order valence-electron chi connectivity index (χ0n) is 11.7. The van der Waals surface area contributed by atoms with Crippen LogP contribution in [0.3, 0.4) is 0 Å². The van der Waals surface area contributed by atoms with Crippen LogP contribution in [0, 0.1) is 0 Å². The Hall–Kier alpha value is 0.440. The van der Waals surface area contributed by atoms with Crippen LogP contribution < -0.4 is 0 Å². The summed E-state index contributed by atoms with van der Waals surface area (Å²) < 4.78 is 0. The molecule has 0 atom stereocenters. The Morgan fingerprint density at radius 2 is 1.12 bits per heavy atom. The van der Waals surface area contributed by atoms with Gasteiger partial charge in [-0.2, -0.15) is 25.3 Å². The molecule has 0 saturated heterocycles. The molecule has 0 aliphatic heterocycles. The van der Waals surface area contributed by atoms with Crippen molar-refractivity contribution < 1.29 is 0 Å². The molecule has 0 saturated carbocycles. The van der Waals surface area contributed by atoms with E-state index in [4.69, 9.17) is 0 Å². The lowest BCUT2D eigenvalue weighted by atomic mass is 10.1. The minimum Gasteiger partial charge on any atom is -0.179 e. The van der Waals surface area contributed by atoms with Crippen molar-refractivity contribution in [1.82, 2.24) is 0 Å². The highest BCUT2D eigenvalue weighted by Gasteiger charge is 1.91. The van der Waals surface area contributed by atoms with E-state index >= 15 is 0 Å². The molecule has 0 aromatic carbocycles. The fraction of sp³-hybridized carbons (Fsp3) is 0.867. The highest BCUT2D eigenvalue weighted by molar-refractivity contribution is 7.80. The molecular weight excluding hydrogens is 244 g/mol. The van der Waals surface area contributed by atoms with Gasteiger partial charge in [0.15, 0.2) is 0 Å². The fourth-order valence-electron chi connectivity index (χ4n) is 1.60. The van der Waals surface area contributed by atoms with Gasteiger partial charge in [-0.3, -0.25) is 0 Å². The molecule has 0 aliphatic rings. The lowest BCUT2D eigenvalue weighted by molar-refractivity contribution is 0.563. The lowest BCUT2D eigenvalue weighted by Crippen LogP contribution is -1.81. The Morgan fingerprint density at radius 3 is 1.41 bits per heavy atom. The normalized spacial score (nSPS) is 9.59. The molecule has 0 bridgehead atoms. The molecule has 0 spiro atoms. The van der Waals surface area contributed by atoms with Crippen LogP contribution in [-0.4, -0.2) is 11.5 Å². The van der Waals surface area contributed by atoms with Gasteiger partial charge in [0.25, 0.3) is 0 Å². The molecule has 0 aromatic heterocycles. The zero-order chi connectivity index (χ0) is 13.2. The van der Waals surface area contributed by atoms with Gasteiger partial charge in [0.05, 0.1) is 0 Å². The van der Waals surface area contributed by atoms with Gasteiger partial charge >= 0.3 is 0 Å². The Labute approximate surface area is 120 Å². The van der Waals surface area contributed by atoms with Gasteiger partial charge in [0, 0.05) is 5.75 Å². The van der Waals surface area contributed by atoms with E-state index in [1.807, 2.05) is 0 Å². The van der Waals surface area contributed by atoms with Gasteiger partial charge in [-0.1, -0.05) is 70.8 Å². The van der Waals surface area contributed by atoms with E-state index in [9.17, 15) is 0 Å². The van der Waals surface area contributed by atoms with Crippen molar-refractivity contribution in [3.8, 4) is 0 Å². The molecule has 0 aromatic rings. The maximum atomic E-state index is 4.20. The number of rotatable bonds is 11. The standard InChI is InChI=1S/C12H26S.C3H6S/c1-2-3-4-5-6-7-8-9-10-11-12-13;1-2-3-4/h13H,2-12H2,1H3;2,4H,1,3H2. The summed E-state index contributed by atoms with van der Waals surface area (Å²) in [7, 11) is 0. The van der Waals surface area contributed by atoms with Crippen LogP contribution in [0.15, 0.2) is 12.7 Å². The second-order valence-electron chi connectivity index (χ2n) is 4.38. The van der Waals surface area contributed by atoms with Crippen molar-refractivity contribution in [2.45, 2.75) is 71.1 Å². The molecule has 104 valence electrons. The van der Waals surface area contributed by atoms with Gasteiger partial charge in [-0.25, -0.2) is 0 Å². The van der Waals surface area contributed by atoms with Crippen LogP contribution in [0.1, 0.15) is 71.1 Å². The molecular formula is C15H32S2. The predicted octanol–water partition coefficient (Wildman–Crippen LogP) is 5.94. The van der Waals surface area contributed by atoms with Gasteiger partial charge in [0.1, 0.15) is 0 Å². The molecule has 0 nitrogen and oxygen atoms in total. The van der Waals surface area contributed by atoms with E-state index in [2.05, 4.69) is 38.8 Å². The first-order valence-electron chi connectivity index (χ1n) is 7.16. The third-order valence-electron chi connectivity index (χ3n) is 2.64. The van der Waals surface area contributed by atoms with Crippen LogP contribution >= 0.6 is 25.3 Å². The zero-order valence-corrected chi connectivity index (χ0v) is 13.5. The number of hydrogen-bond donors (Lipinski definition) is 2. The van der Waals surface area contributed by atoms with Crippen molar-refractivity contribution in [1.29, 1.82) is 0 Å². The molecule has 0 N–H and O–H groups in total. The Kier molecular flexibility index (Phi) is 25.2. The summed E-state index contributed by atoms with van der Waals surface area (Å²) in [5.41, 5.74) is 0. The molecule has 0 heterocycles. The van der Waals surface area contributed by atoms with Crippen LogP contribution in [-0.2, 0) is 0 Å². The second-order valence-corrected chi connectivity index (χ2v) is 5.19. The number of unbranched alkanes of at least 4 members (excludes halogenated alkanes) is 9. The molecule has 17 heavy (non-hydrogen) atoms. The highest BCUT2D eigenvalue weighted by Crippen LogP contribution is 2.10. The first-order valence-corrected chi connectivity index (χ1v) is 8.42. The highest BCUT2D eigenvalue weighted by atomic mass is 32.1. The second kappa shape index (κ2) is 21.7. The van der Waals surface area contributed by atoms with Crippen molar-refractivity contribution in [2.75, 3.05) is 11.5 Å². The predicted molar refractivity (Wildman–Crippen MR) is 89.7 cm³/mol. The van der Waals surface area contributed by atoms with Crippen LogP contribution in [0.25, 0.3) is 0 Å². The minimum atomic E-state index is 0.778. The van der Waals surface area contributed by atoms with Crippen molar-refractivity contribution >= 4 is 25.3 Å². The third kappa shape index (κ3) is 26.2. The number of hydrogen-bond acceptors (Lipinski definition) is 2. The van der Waals surface area contributed by atoms with Crippen LogP contribution in [0.4, 0.5) is 0 Å². The van der Waals surface area contributed by atoms with E-state index in [0.29, 0.717) is 0 Å². The Morgan fingerprint density at radius 1 is 0.765 bits per heavy atom. The monoisotopic (exact) mass is 276 g/mol. The Balaban J connectivity index is 0. The van der Waals surface area contributed by atoms with Gasteiger partial charge < -0.3 is 0 Å². The summed E-state index contributed by atoms with van der Waals surface area (Å²) in [4.78, 5) is 0. The SMILES string of the molecule is C=CCS.CCCCCCCCCCCCS. The topological polar surface area (TPSA) is 0 Å². The smallest absolute Gasteiger partial charge is 0.00799 e. The molecule has 0 radical (unpaired) electrons. The quantitative estimate of drug-likeness (QED) is 0.260. The van der Waals surface area contributed by atoms with E-state index < -0.39 is 0 Å². The maximum absolute atomic E-state index is 4.20. The first-order chi connectivity index (χ1) is 8.33. The molecule has 2 heteroatoms. The molecule has 0 fully saturated rings. The average Bonchev–Trinajstić information content (AvgIpc) is 2.37. The molecule has 0 unspecified atom stereocenters. The third-order valence-corrected chi connectivity index (χ3v) is 3.22. The molecule has 0 aliphatic carbocycles. The van der Waals surface area contributed by atoms with Gasteiger partial charge in [-0.15, -0.1) is 6.58 Å². The minimum absolute atomic E-state index is 0.778. The van der Waals surface area contributed by atoms with Gasteiger partial charge in [-0.05, 0) is 12.2 Å². The van der Waals surface area contributed by atoms with Crippen LogP contribution in [0.2, 0.25) is 0 Å². The largest absolute Gasteiger partial charge is 0.179 e. The fourth-order valence-corrected chi connectivity index (χ4v) is 1.82. The molecule has 0 rings (SSSR count). The summed E-state index contributed by atoms with van der Waals surface area (Å²) in [6.07, 6.45) is 15.9. The lowest BCUT2D eigenvalue weighted by Gasteiger charge is -2.00. The first kappa shape index (κ1) is 19.8. The van der Waals surface area contributed by atoms with E-state index in [1.165, 1.54) is 64.2 Å². The summed E-state index contributed by atoms with van der Waals surface area (Å²) in [6, 6.07) is 0. The summed E-state index contributed by atoms with van der Waals surface area (Å²) in [6.45, 7) is 5.68. The van der Waals surface area contributed by atoms with E-state index in [-0.39, 0.29) is 0 Å². The van der Waals surface area contributed by atoms with Crippen molar-refractivity contribution in [3.05, 3.63) is 12.7 Å². The van der Waals surface area contributed by atoms with Crippen molar-refractivity contribution in [3.63, 3.8) is 0 Å². The maximum Gasteiger partial charge on any atom is 0.00799 e. The van der Waals surface area contributed by atoms with Gasteiger partial charge in [0.2, 0.25) is 0 Å². The Bertz CT molecular complexity index is 114. The van der Waals surface area contributed by atoms with E-state index in [0.717, 1.165) is 11.5 Å². The summed E-state index contributed by atoms with van der Waals surface area (Å²) in [5, 5.41) is 0. The molecule has 0 amide bonds.